The van der Waals surface area contributed by atoms with E-state index in [2.05, 4.69) is 6.58 Å². The van der Waals surface area contributed by atoms with Crippen molar-refractivity contribution in [1.82, 2.24) is 0 Å². The molecule has 1 fully saturated rings. The number of benzene rings is 1. The first kappa shape index (κ1) is 16.2. The van der Waals surface area contributed by atoms with Gasteiger partial charge in [0, 0.05) is 11.3 Å². The molecule has 2 bridgehead atoms. The fourth-order valence-electron chi connectivity index (χ4n) is 4.78. The number of hydrogen-bond acceptors (Lipinski definition) is 6. The lowest BCUT2D eigenvalue weighted by molar-refractivity contribution is -0.154. The van der Waals surface area contributed by atoms with E-state index in [4.69, 9.17) is 9.47 Å². The minimum atomic E-state index is -2.10. The van der Waals surface area contributed by atoms with Crippen LogP contribution < -0.4 is 9.47 Å². The lowest BCUT2D eigenvalue weighted by Gasteiger charge is -2.38. The SMILES string of the molecule is C=CC[C@@]12C=C(O)C(=O)[C@](O)([C@H](c3ccc4c(c3)OCO4)[C@H]1C)[C@@H]2O. The highest BCUT2D eigenvalue weighted by Crippen LogP contribution is 2.62. The second kappa shape index (κ2) is 5.09. The molecule has 1 heterocycles. The van der Waals surface area contributed by atoms with E-state index in [1.54, 1.807) is 24.3 Å². The van der Waals surface area contributed by atoms with Gasteiger partial charge >= 0.3 is 0 Å². The maximum Gasteiger partial charge on any atom is 0.231 e. The van der Waals surface area contributed by atoms with Gasteiger partial charge in [0.25, 0.3) is 0 Å². The van der Waals surface area contributed by atoms with Gasteiger partial charge in [-0.3, -0.25) is 4.79 Å². The summed E-state index contributed by atoms with van der Waals surface area (Å²) < 4.78 is 10.7. The largest absolute Gasteiger partial charge is 0.505 e. The molecule has 1 aliphatic heterocycles. The molecule has 0 spiro atoms. The van der Waals surface area contributed by atoms with Crippen molar-refractivity contribution < 1.29 is 29.6 Å². The molecule has 0 unspecified atom stereocenters. The number of ether oxygens (including phenoxy) is 2. The summed E-state index contributed by atoms with van der Waals surface area (Å²) in [5, 5.41) is 32.3. The molecule has 0 radical (unpaired) electrons. The molecule has 25 heavy (non-hydrogen) atoms. The standard InChI is InChI=1S/C19H20O6/c1-3-6-18-8-12(20)16(21)19(23,17(18)22)15(10(18)2)11-4-5-13-14(7-11)25-9-24-13/h3-5,7-8,10,15,17,20,22-23H,1,6,9H2,2H3/t10-,15+,17-,18-,19-/m1/s1. The predicted molar refractivity (Wildman–Crippen MR) is 88.4 cm³/mol. The fourth-order valence-corrected chi connectivity index (χ4v) is 4.78. The third kappa shape index (κ3) is 1.84. The molecule has 6 nitrogen and oxygen atoms in total. The van der Waals surface area contributed by atoms with Crippen LogP contribution in [0.5, 0.6) is 11.5 Å². The van der Waals surface area contributed by atoms with Crippen molar-refractivity contribution >= 4 is 5.78 Å². The Bertz CT molecular complexity index is 799. The number of ketones is 1. The van der Waals surface area contributed by atoms with Crippen LogP contribution in [0.3, 0.4) is 0 Å². The van der Waals surface area contributed by atoms with Crippen LogP contribution in [0.15, 0.2) is 42.7 Å². The van der Waals surface area contributed by atoms with Gasteiger partial charge in [-0.2, -0.15) is 0 Å². The van der Waals surface area contributed by atoms with E-state index >= 15 is 0 Å². The molecule has 1 aromatic rings. The molecule has 1 aromatic carbocycles. The van der Waals surface area contributed by atoms with E-state index in [1.165, 1.54) is 6.08 Å². The van der Waals surface area contributed by atoms with Crippen molar-refractivity contribution in [3.05, 3.63) is 48.3 Å². The minimum absolute atomic E-state index is 0.119. The highest BCUT2D eigenvalue weighted by atomic mass is 16.7. The van der Waals surface area contributed by atoms with Gasteiger partial charge in [0.1, 0.15) is 6.10 Å². The van der Waals surface area contributed by atoms with Gasteiger partial charge in [0.05, 0.1) is 0 Å². The molecule has 1 saturated carbocycles. The molecule has 3 N–H and O–H groups in total. The van der Waals surface area contributed by atoms with Crippen LogP contribution in [0.1, 0.15) is 24.8 Å². The summed E-state index contributed by atoms with van der Waals surface area (Å²) in [5.41, 5.74) is -2.41. The molecular weight excluding hydrogens is 324 g/mol. The van der Waals surface area contributed by atoms with Crippen molar-refractivity contribution in [2.75, 3.05) is 6.79 Å². The average molecular weight is 344 g/mol. The van der Waals surface area contributed by atoms with Crippen molar-refractivity contribution in [3.8, 4) is 11.5 Å². The molecule has 2 aliphatic carbocycles. The number of rotatable bonds is 3. The first-order chi connectivity index (χ1) is 11.9. The fraction of sp³-hybridized carbons (Fsp3) is 0.421. The molecule has 4 rings (SSSR count). The Morgan fingerprint density at radius 3 is 2.80 bits per heavy atom. The van der Waals surface area contributed by atoms with E-state index in [9.17, 15) is 20.1 Å². The van der Waals surface area contributed by atoms with Crippen LogP contribution in [0.25, 0.3) is 0 Å². The van der Waals surface area contributed by atoms with Gasteiger partial charge in [-0.25, -0.2) is 0 Å². The number of carbonyl (C=O) groups excluding carboxylic acids is 1. The first-order valence-electron chi connectivity index (χ1n) is 8.23. The van der Waals surface area contributed by atoms with E-state index < -0.39 is 34.6 Å². The number of aliphatic hydroxyl groups is 3. The molecule has 3 aliphatic rings. The van der Waals surface area contributed by atoms with Crippen LogP contribution in [0, 0.1) is 11.3 Å². The van der Waals surface area contributed by atoms with Gasteiger partial charge in [-0.15, -0.1) is 6.58 Å². The lowest BCUT2D eigenvalue weighted by Crippen LogP contribution is -2.56. The van der Waals surface area contributed by atoms with Gasteiger partial charge < -0.3 is 24.8 Å². The van der Waals surface area contributed by atoms with Gasteiger partial charge in [-0.1, -0.05) is 19.1 Å². The number of fused-ring (bicyclic) bond motifs is 3. The monoisotopic (exact) mass is 344 g/mol. The van der Waals surface area contributed by atoms with E-state index in [0.717, 1.165) is 0 Å². The topological polar surface area (TPSA) is 96.2 Å². The smallest absolute Gasteiger partial charge is 0.231 e. The summed E-state index contributed by atoms with van der Waals surface area (Å²) in [5.74, 6) is -1.26. The summed E-state index contributed by atoms with van der Waals surface area (Å²) in [6.45, 7) is 5.70. The number of aliphatic hydroxyl groups excluding tert-OH is 2. The number of Topliss-reactive ketones (excluding diaryl/α,β-unsaturated/α-hetero) is 1. The number of allylic oxidation sites excluding steroid dienone is 1. The Morgan fingerprint density at radius 2 is 2.08 bits per heavy atom. The number of carbonyl (C=O) groups is 1. The Kier molecular flexibility index (Phi) is 3.30. The molecule has 5 atom stereocenters. The second-order valence-corrected chi connectivity index (χ2v) is 7.07. The maximum absolute atomic E-state index is 12.6. The van der Waals surface area contributed by atoms with Gasteiger partial charge in [-0.05, 0) is 36.1 Å². The minimum Gasteiger partial charge on any atom is -0.505 e. The van der Waals surface area contributed by atoms with Crippen LogP contribution in [0.4, 0.5) is 0 Å². The van der Waals surface area contributed by atoms with Gasteiger partial charge in [0.15, 0.2) is 22.9 Å². The highest BCUT2D eigenvalue weighted by molar-refractivity contribution is 6.03. The summed E-state index contributed by atoms with van der Waals surface area (Å²) in [7, 11) is 0. The molecule has 0 saturated heterocycles. The Morgan fingerprint density at radius 1 is 1.36 bits per heavy atom. The molecule has 132 valence electrons. The molecule has 0 amide bonds. The van der Waals surface area contributed by atoms with E-state index in [1.807, 2.05) is 6.92 Å². The average Bonchev–Trinajstić information content (AvgIpc) is 3.09. The lowest BCUT2D eigenvalue weighted by atomic mass is 9.70. The van der Waals surface area contributed by atoms with Crippen LogP contribution >= 0.6 is 0 Å². The van der Waals surface area contributed by atoms with Crippen LogP contribution in [0.2, 0.25) is 0 Å². The zero-order chi connectivity index (χ0) is 18.0. The van der Waals surface area contributed by atoms with Crippen molar-refractivity contribution in [3.63, 3.8) is 0 Å². The van der Waals surface area contributed by atoms with Crippen molar-refractivity contribution in [2.24, 2.45) is 11.3 Å². The van der Waals surface area contributed by atoms with Crippen LogP contribution in [-0.2, 0) is 4.79 Å². The van der Waals surface area contributed by atoms with Gasteiger partial charge in [0.2, 0.25) is 12.6 Å². The normalized spacial score (nSPS) is 38.6. The third-order valence-corrected chi connectivity index (χ3v) is 6.00. The maximum atomic E-state index is 12.6. The third-order valence-electron chi connectivity index (χ3n) is 6.00. The zero-order valence-electron chi connectivity index (χ0n) is 13.8. The summed E-state index contributed by atoms with van der Waals surface area (Å²) in [6, 6.07) is 5.20. The van der Waals surface area contributed by atoms with E-state index in [0.29, 0.717) is 23.5 Å². The first-order valence-corrected chi connectivity index (χ1v) is 8.23. The van der Waals surface area contributed by atoms with Crippen LogP contribution in [-0.4, -0.2) is 39.6 Å². The quantitative estimate of drug-likeness (QED) is 0.724. The zero-order valence-corrected chi connectivity index (χ0v) is 13.8. The van der Waals surface area contributed by atoms with Crippen molar-refractivity contribution in [1.29, 1.82) is 0 Å². The Balaban J connectivity index is 1.89. The molecular formula is C19H20O6. The summed E-state index contributed by atoms with van der Waals surface area (Å²) >= 11 is 0. The highest BCUT2D eigenvalue weighted by Gasteiger charge is 2.71. The van der Waals surface area contributed by atoms with E-state index in [-0.39, 0.29) is 12.7 Å². The summed E-state index contributed by atoms with van der Waals surface area (Å²) in [6.07, 6.45) is 2.00. The molecule has 0 aromatic heterocycles. The van der Waals surface area contributed by atoms with Crippen molar-refractivity contribution in [2.45, 2.75) is 31.0 Å². The molecule has 6 heteroatoms. The predicted octanol–water partition coefficient (Wildman–Crippen LogP) is 1.83. The number of hydrogen-bond donors (Lipinski definition) is 3. The second-order valence-electron chi connectivity index (χ2n) is 7.07. The Labute approximate surface area is 145 Å². The Hall–Kier alpha value is -2.31. The summed E-state index contributed by atoms with van der Waals surface area (Å²) in [4.78, 5) is 12.6.